The van der Waals surface area contributed by atoms with Crippen LogP contribution in [0.4, 0.5) is 0 Å². The summed E-state index contributed by atoms with van der Waals surface area (Å²) in [6, 6.07) is 5.08. The predicted octanol–water partition coefficient (Wildman–Crippen LogP) is 2.00. The third-order valence-corrected chi connectivity index (χ3v) is 3.14. The Bertz CT molecular complexity index is 657. The highest BCUT2D eigenvalue weighted by Gasteiger charge is 2.11. The first kappa shape index (κ1) is 14.9. The first-order valence-corrected chi connectivity index (χ1v) is 6.79. The van der Waals surface area contributed by atoms with E-state index in [1.54, 1.807) is 30.6 Å². The van der Waals surface area contributed by atoms with Gasteiger partial charge in [-0.3, -0.25) is 19.6 Å². The third-order valence-electron chi connectivity index (χ3n) is 3.14. The zero-order valence-corrected chi connectivity index (χ0v) is 11.7. The quantitative estimate of drug-likeness (QED) is 0.847. The second-order valence-corrected chi connectivity index (χ2v) is 4.92. The van der Waals surface area contributed by atoms with Gasteiger partial charge in [0.1, 0.15) is 0 Å². The number of aliphatic carboxylic acids is 1. The second-order valence-electron chi connectivity index (χ2n) is 4.92. The largest absolute Gasteiger partial charge is 0.481 e. The van der Waals surface area contributed by atoms with Crippen molar-refractivity contribution in [2.45, 2.75) is 32.2 Å². The number of carboxylic acids is 1. The van der Waals surface area contributed by atoms with E-state index in [1.807, 2.05) is 6.92 Å². The number of hydrogen-bond acceptors (Lipinski definition) is 4. The molecule has 0 bridgehead atoms. The lowest BCUT2D eigenvalue weighted by atomic mass is 10.1. The number of carboxylic acid groups (broad SMARTS) is 1. The van der Waals surface area contributed by atoms with Crippen molar-refractivity contribution >= 4 is 22.9 Å². The molecule has 6 nitrogen and oxygen atoms in total. The molecule has 0 radical (unpaired) electrons. The Kier molecular flexibility index (Phi) is 4.81. The Morgan fingerprint density at radius 3 is 2.67 bits per heavy atom. The van der Waals surface area contributed by atoms with Crippen LogP contribution < -0.4 is 5.32 Å². The Hall–Kier alpha value is -2.50. The van der Waals surface area contributed by atoms with E-state index in [-0.39, 0.29) is 18.4 Å². The lowest BCUT2D eigenvalue weighted by Crippen LogP contribution is -2.32. The average Bonchev–Trinajstić information content (AvgIpc) is 2.46. The summed E-state index contributed by atoms with van der Waals surface area (Å²) in [6.45, 7) is 1.86. The molecule has 0 aliphatic rings. The summed E-state index contributed by atoms with van der Waals surface area (Å²) in [5.74, 6) is -1.01. The number of carbonyl (C=O) groups excluding carboxylic acids is 1. The van der Waals surface area contributed by atoms with Crippen molar-refractivity contribution in [3.8, 4) is 0 Å². The van der Waals surface area contributed by atoms with Gasteiger partial charge in [0, 0.05) is 30.4 Å². The standard InChI is InChI=1S/C15H17N3O3/c1-10(3-2-4-14(19)20)18-15(21)11-5-6-12-13(9-11)17-8-7-16-12/h5-10H,2-4H2,1H3,(H,18,21)(H,19,20). The fourth-order valence-electron chi connectivity index (χ4n) is 2.04. The highest BCUT2D eigenvalue weighted by Crippen LogP contribution is 2.11. The van der Waals surface area contributed by atoms with Crippen LogP contribution in [0.25, 0.3) is 11.0 Å². The van der Waals surface area contributed by atoms with Crippen LogP contribution in [0.3, 0.4) is 0 Å². The molecule has 1 amide bonds. The van der Waals surface area contributed by atoms with E-state index in [0.717, 1.165) is 5.52 Å². The van der Waals surface area contributed by atoms with Crippen LogP contribution in [0, 0.1) is 0 Å². The number of amides is 1. The van der Waals surface area contributed by atoms with Crippen LogP contribution in [0.15, 0.2) is 30.6 Å². The monoisotopic (exact) mass is 287 g/mol. The summed E-state index contributed by atoms with van der Waals surface area (Å²) >= 11 is 0. The normalized spacial score (nSPS) is 12.0. The maximum atomic E-state index is 12.1. The Morgan fingerprint density at radius 1 is 1.24 bits per heavy atom. The van der Waals surface area contributed by atoms with E-state index in [1.165, 1.54) is 0 Å². The Morgan fingerprint density at radius 2 is 1.95 bits per heavy atom. The molecule has 2 aromatic rings. The van der Waals surface area contributed by atoms with Gasteiger partial charge in [-0.25, -0.2) is 0 Å². The molecule has 21 heavy (non-hydrogen) atoms. The molecule has 2 rings (SSSR count). The van der Waals surface area contributed by atoms with Gasteiger partial charge in [-0.2, -0.15) is 0 Å². The zero-order valence-electron chi connectivity index (χ0n) is 11.7. The van der Waals surface area contributed by atoms with Crippen LogP contribution in [-0.4, -0.2) is 33.0 Å². The summed E-state index contributed by atoms with van der Waals surface area (Å²) in [5, 5.41) is 11.4. The molecule has 0 aliphatic heterocycles. The summed E-state index contributed by atoms with van der Waals surface area (Å²) in [5.41, 5.74) is 1.93. The van der Waals surface area contributed by atoms with Crippen LogP contribution >= 0.6 is 0 Å². The second kappa shape index (κ2) is 6.78. The lowest BCUT2D eigenvalue weighted by Gasteiger charge is -2.13. The number of nitrogens with zero attached hydrogens (tertiary/aromatic N) is 2. The fourth-order valence-corrected chi connectivity index (χ4v) is 2.04. The zero-order chi connectivity index (χ0) is 15.2. The van der Waals surface area contributed by atoms with Crippen molar-refractivity contribution in [1.82, 2.24) is 15.3 Å². The molecule has 1 aromatic carbocycles. The molecule has 0 spiro atoms. The molecule has 1 unspecified atom stereocenters. The van der Waals surface area contributed by atoms with E-state index in [2.05, 4.69) is 15.3 Å². The first-order valence-electron chi connectivity index (χ1n) is 6.79. The molecular weight excluding hydrogens is 270 g/mol. The van der Waals surface area contributed by atoms with Crippen molar-refractivity contribution < 1.29 is 14.7 Å². The SMILES string of the molecule is CC(CCCC(=O)O)NC(=O)c1ccc2nccnc2c1. The summed E-state index contributed by atoms with van der Waals surface area (Å²) in [6.07, 6.45) is 4.47. The van der Waals surface area contributed by atoms with Gasteiger partial charge in [-0.05, 0) is 38.0 Å². The maximum Gasteiger partial charge on any atom is 0.303 e. The van der Waals surface area contributed by atoms with Gasteiger partial charge in [0.2, 0.25) is 0 Å². The molecule has 0 saturated heterocycles. The number of hydrogen-bond donors (Lipinski definition) is 2. The van der Waals surface area contributed by atoms with Crippen molar-refractivity contribution in [3.05, 3.63) is 36.2 Å². The Labute approximate surface area is 122 Å². The summed E-state index contributed by atoms with van der Waals surface area (Å²) in [7, 11) is 0. The molecule has 110 valence electrons. The van der Waals surface area contributed by atoms with Crippen molar-refractivity contribution in [1.29, 1.82) is 0 Å². The third kappa shape index (κ3) is 4.24. The highest BCUT2D eigenvalue weighted by molar-refractivity contribution is 5.97. The number of aromatic nitrogens is 2. The minimum Gasteiger partial charge on any atom is -0.481 e. The molecule has 0 saturated carbocycles. The number of rotatable bonds is 6. The first-order chi connectivity index (χ1) is 10.1. The minimum absolute atomic E-state index is 0.0746. The van der Waals surface area contributed by atoms with Gasteiger partial charge in [0.15, 0.2) is 0 Å². The van der Waals surface area contributed by atoms with Gasteiger partial charge in [-0.1, -0.05) is 0 Å². The lowest BCUT2D eigenvalue weighted by molar-refractivity contribution is -0.137. The molecular formula is C15H17N3O3. The minimum atomic E-state index is -0.818. The van der Waals surface area contributed by atoms with Crippen molar-refractivity contribution in [2.24, 2.45) is 0 Å². The number of benzene rings is 1. The van der Waals surface area contributed by atoms with Gasteiger partial charge >= 0.3 is 5.97 Å². The van der Waals surface area contributed by atoms with Gasteiger partial charge in [0.25, 0.3) is 5.91 Å². The molecule has 0 fully saturated rings. The predicted molar refractivity (Wildman–Crippen MR) is 78.0 cm³/mol. The van der Waals surface area contributed by atoms with Crippen molar-refractivity contribution in [3.63, 3.8) is 0 Å². The van der Waals surface area contributed by atoms with Gasteiger partial charge in [0.05, 0.1) is 11.0 Å². The molecule has 1 atom stereocenters. The number of carbonyl (C=O) groups is 2. The highest BCUT2D eigenvalue weighted by atomic mass is 16.4. The molecule has 1 heterocycles. The Balaban J connectivity index is 1.96. The number of fused-ring (bicyclic) bond motifs is 1. The van der Waals surface area contributed by atoms with E-state index in [0.29, 0.717) is 23.9 Å². The molecule has 6 heteroatoms. The van der Waals surface area contributed by atoms with Gasteiger partial charge < -0.3 is 10.4 Å². The maximum absolute atomic E-state index is 12.1. The van der Waals surface area contributed by atoms with E-state index < -0.39 is 5.97 Å². The van der Waals surface area contributed by atoms with E-state index in [9.17, 15) is 9.59 Å². The topological polar surface area (TPSA) is 92.2 Å². The average molecular weight is 287 g/mol. The van der Waals surface area contributed by atoms with Gasteiger partial charge in [-0.15, -0.1) is 0 Å². The van der Waals surface area contributed by atoms with Crippen LogP contribution in [0.2, 0.25) is 0 Å². The van der Waals surface area contributed by atoms with Crippen LogP contribution in [0.5, 0.6) is 0 Å². The smallest absolute Gasteiger partial charge is 0.303 e. The van der Waals surface area contributed by atoms with Crippen LogP contribution in [0.1, 0.15) is 36.5 Å². The van der Waals surface area contributed by atoms with Crippen LogP contribution in [-0.2, 0) is 4.79 Å². The van der Waals surface area contributed by atoms with E-state index >= 15 is 0 Å². The molecule has 0 aliphatic carbocycles. The summed E-state index contributed by atoms with van der Waals surface area (Å²) in [4.78, 5) is 30.9. The fraction of sp³-hybridized carbons (Fsp3) is 0.333. The number of nitrogens with one attached hydrogen (secondary N) is 1. The summed E-state index contributed by atoms with van der Waals surface area (Å²) < 4.78 is 0. The molecule has 2 N–H and O–H groups in total. The molecule has 1 aromatic heterocycles. The van der Waals surface area contributed by atoms with E-state index in [4.69, 9.17) is 5.11 Å². The van der Waals surface area contributed by atoms with Crippen molar-refractivity contribution in [2.75, 3.05) is 0 Å².